The zero-order valence-corrected chi connectivity index (χ0v) is 13.7. The lowest BCUT2D eigenvalue weighted by molar-refractivity contribution is 0.0406. The van der Waals surface area contributed by atoms with Gasteiger partial charge in [-0.05, 0) is 44.6 Å². The number of hydrogen-bond acceptors (Lipinski definition) is 4. The molecule has 0 aromatic carbocycles. The highest BCUT2D eigenvalue weighted by Crippen LogP contribution is 2.25. The van der Waals surface area contributed by atoms with E-state index in [2.05, 4.69) is 19.2 Å². The van der Waals surface area contributed by atoms with E-state index < -0.39 is 17.8 Å². The summed E-state index contributed by atoms with van der Waals surface area (Å²) in [6, 6.07) is 3.42. The average Bonchev–Trinajstić information content (AvgIpc) is 2.76. The van der Waals surface area contributed by atoms with Crippen LogP contribution in [-0.4, -0.2) is 22.8 Å². The fraction of sp³-hybridized carbons (Fsp3) is 0.667. The molecular weight excluding hydrogens is 274 g/mol. The molecule has 114 valence electrons. The molecule has 0 aliphatic rings. The third-order valence-corrected chi connectivity index (χ3v) is 3.59. The van der Waals surface area contributed by atoms with Crippen molar-refractivity contribution in [3.8, 4) is 0 Å². The normalized spacial score (nSPS) is 14.9. The van der Waals surface area contributed by atoms with E-state index >= 15 is 0 Å². The lowest BCUT2D eigenvalue weighted by atomic mass is 9.98. The molecule has 2 atom stereocenters. The molecule has 0 aliphatic carbocycles. The van der Waals surface area contributed by atoms with Gasteiger partial charge in [0.25, 0.3) is 0 Å². The topological polar surface area (TPSA) is 58.6 Å². The van der Waals surface area contributed by atoms with Gasteiger partial charge in [-0.2, -0.15) is 0 Å². The number of ether oxygens (including phenoxy) is 1. The minimum absolute atomic E-state index is 0.344. The highest BCUT2D eigenvalue weighted by molar-refractivity contribution is 7.10. The molecule has 2 unspecified atom stereocenters. The quantitative estimate of drug-likeness (QED) is 0.871. The Morgan fingerprint density at radius 2 is 2.10 bits per heavy atom. The Morgan fingerprint density at radius 1 is 1.45 bits per heavy atom. The molecule has 0 spiro atoms. The first-order chi connectivity index (χ1) is 9.19. The summed E-state index contributed by atoms with van der Waals surface area (Å²) in [6.07, 6.45) is -0.498. The molecule has 5 heteroatoms. The van der Waals surface area contributed by atoms with E-state index in [0.29, 0.717) is 12.3 Å². The number of aliphatic hydroxyl groups excluding tert-OH is 1. The lowest BCUT2D eigenvalue weighted by Gasteiger charge is -2.27. The van der Waals surface area contributed by atoms with Crippen LogP contribution in [0.5, 0.6) is 0 Å². The third kappa shape index (κ3) is 5.92. The average molecular weight is 299 g/mol. The van der Waals surface area contributed by atoms with Crippen LogP contribution < -0.4 is 5.32 Å². The summed E-state index contributed by atoms with van der Waals surface area (Å²) in [7, 11) is 0. The molecule has 0 fully saturated rings. The number of carbonyl (C=O) groups excluding carboxylic acids is 1. The molecule has 4 nitrogen and oxygen atoms in total. The van der Waals surface area contributed by atoms with Crippen molar-refractivity contribution in [2.75, 3.05) is 0 Å². The number of thiophene rings is 1. The molecule has 0 aliphatic heterocycles. The van der Waals surface area contributed by atoms with Crippen LogP contribution in [0.1, 0.15) is 52.0 Å². The van der Waals surface area contributed by atoms with Crippen molar-refractivity contribution in [2.45, 2.75) is 58.8 Å². The number of nitrogens with one attached hydrogen (secondary N) is 1. The van der Waals surface area contributed by atoms with Crippen molar-refractivity contribution in [2.24, 2.45) is 5.92 Å². The van der Waals surface area contributed by atoms with Gasteiger partial charge in [-0.1, -0.05) is 19.9 Å². The van der Waals surface area contributed by atoms with Gasteiger partial charge in [0.2, 0.25) is 0 Å². The second kappa shape index (κ2) is 7.09. The van der Waals surface area contributed by atoms with E-state index in [1.807, 2.05) is 38.3 Å². The Labute approximate surface area is 125 Å². The molecule has 1 heterocycles. The van der Waals surface area contributed by atoms with Gasteiger partial charge >= 0.3 is 6.09 Å². The largest absolute Gasteiger partial charge is 0.444 e. The molecule has 20 heavy (non-hydrogen) atoms. The molecule has 0 saturated heterocycles. The highest BCUT2D eigenvalue weighted by atomic mass is 32.1. The highest BCUT2D eigenvalue weighted by Gasteiger charge is 2.26. The molecule has 0 bridgehead atoms. The van der Waals surface area contributed by atoms with Gasteiger partial charge < -0.3 is 15.2 Å². The maximum Gasteiger partial charge on any atom is 0.407 e. The van der Waals surface area contributed by atoms with E-state index in [1.54, 1.807) is 0 Å². The number of rotatable bonds is 5. The maximum absolute atomic E-state index is 11.9. The number of hydrogen-bond donors (Lipinski definition) is 2. The molecule has 1 amide bonds. The first-order valence-corrected chi connectivity index (χ1v) is 7.78. The summed E-state index contributed by atoms with van der Waals surface area (Å²) < 4.78 is 5.26. The smallest absolute Gasteiger partial charge is 0.407 e. The van der Waals surface area contributed by atoms with Crippen molar-refractivity contribution in [1.29, 1.82) is 0 Å². The Hall–Kier alpha value is -1.07. The van der Waals surface area contributed by atoms with Gasteiger partial charge in [0, 0.05) is 4.88 Å². The summed E-state index contributed by atoms with van der Waals surface area (Å²) in [5, 5.41) is 15.1. The van der Waals surface area contributed by atoms with Gasteiger partial charge in [0.1, 0.15) is 11.7 Å². The van der Waals surface area contributed by atoms with Gasteiger partial charge in [0.15, 0.2) is 0 Å². The lowest BCUT2D eigenvalue weighted by Crippen LogP contribution is -2.42. The number of alkyl carbamates (subject to hydrolysis) is 1. The summed E-state index contributed by atoms with van der Waals surface area (Å²) in [5.74, 6) is 0.365. The summed E-state index contributed by atoms with van der Waals surface area (Å²) in [5.41, 5.74) is -0.541. The standard InChI is InChI=1S/C15H25NO3S/c1-10(2)9-11(13(17)12-7-6-8-20-12)16-14(18)19-15(3,4)5/h6-8,10-11,13,17H,9H2,1-5H3,(H,16,18). The van der Waals surface area contributed by atoms with Gasteiger partial charge in [-0.25, -0.2) is 4.79 Å². The van der Waals surface area contributed by atoms with Crippen LogP contribution in [0.3, 0.4) is 0 Å². The van der Waals surface area contributed by atoms with Crippen LogP contribution in [0.2, 0.25) is 0 Å². The molecular formula is C15H25NO3S. The molecule has 1 aromatic heterocycles. The SMILES string of the molecule is CC(C)CC(NC(=O)OC(C)(C)C)C(O)c1cccs1. The van der Waals surface area contributed by atoms with Crippen molar-refractivity contribution in [1.82, 2.24) is 5.32 Å². The van der Waals surface area contributed by atoms with Crippen molar-refractivity contribution < 1.29 is 14.6 Å². The predicted molar refractivity (Wildman–Crippen MR) is 81.9 cm³/mol. The van der Waals surface area contributed by atoms with Crippen LogP contribution in [0, 0.1) is 5.92 Å². The summed E-state index contributed by atoms with van der Waals surface area (Å²) in [6.45, 7) is 9.58. The third-order valence-electron chi connectivity index (χ3n) is 2.64. The Balaban J connectivity index is 2.72. The zero-order chi connectivity index (χ0) is 15.3. The first-order valence-electron chi connectivity index (χ1n) is 6.90. The minimum Gasteiger partial charge on any atom is -0.444 e. The number of amides is 1. The fourth-order valence-corrected chi connectivity index (χ4v) is 2.67. The number of aliphatic hydroxyl groups is 1. The Kier molecular flexibility index (Phi) is 6.02. The predicted octanol–water partition coefficient (Wildman–Crippen LogP) is 3.72. The van der Waals surface area contributed by atoms with Gasteiger partial charge in [-0.3, -0.25) is 0 Å². The minimum atomic E-state index is -0.704. The van der Waals surface area contributed by atoms with E-state index in [4.69, 9.17) is 4.74 Å². The fourth-order valence-electron chi connectivity index (χ4n) is 1.89. The maximum atomic E-state index is 11.9. The molecule has 0 radical (unpaired) electrons. The van der Waals surface area contributed by atoms with Crippen LogP contribution in [0.15, 0.2) is 17.5 Å². The van der Waals surface area contributed by atoms with Crippen molar-refractivity contribution in [3.05, 3.63) is 22.4 Å². The Bertz CT molecular complexity index is 409. The van der Waals surface area contributed by atoms with Crippen molar-refractivity contribution in [3.63, 3.8) is 0 Å². The molecule has 2 N–H and O–H groups in total. The Morgan fingerprint density at radius 3 is 2.55 bits per heavy atom. The van der Waals surface area contributed by atoms with E-state index in [1.165, 1.54) is 11.3 Å². The first kappa shape index (κ1) is 17.0. The van der Waals surface area contributed by atoms with E-state index in [0.717, 1.165) is 4.88 Å². The summed E-state index contributed by atoms with van der Waals surface area (Å²) in [4.78, 5) is 12.7. The van der Waals surface area contributed by atoms with Crippen LogP contribution in [-0.2, 0) is 4.74 Å². The van der Waals surface area contributed by atoms with Crippen molar-refractivity contribution >= 4 is 17.4 Å². The van der Waals surface area contributed by atoms with Crippen LogP contribution >= 0.6 is 11.3 Å². The molecule has 0 saturated carbocycles. The van der Waals surface area contributed by atoms with Gasteiger partial charge in [-0.15, -0.1) is 11.3 Å². The summed E-state index contributed by atoms with van der Waals surface area (Å²) >= 11 is 1.48. The zero-order valence-electron chi connectivity index (χ0n) is 12.8. The van der Waals surface area contributed by atoms with Gasteiger partial charge in [0.05, 0.1) is 6.04 Å². The monoisotopic (exact) mass is 299 g/mol. The van der Waals surface area contributed by atoms with E-state index in [9.17, 15) is 9.90 Å². The second-order valence-corrected chi connectivity index (χ2v) is 7.32. The second-order valence-electron chi connectivity index (χ2n) is 6.34. The van der Waals surface area contributed by atoms with Crippen LogP contribution in [0.4, 0.5) is 4.79 Å². The molecule has 1 rings (SSSR count). The van der Waals surface area contributed by atoms with E-state index in [-0.39, 0.29) is 6.04 Å². The molecule has 1 aromatic rings. The number of carbonyl (C=O) groups is 1. The van der Waals surface area contributed by atoms with Crippen LogP contribution in [0.25, 0.3) is 0 Å².